The van der Waals surface area contributed by atoms with E-state index in [0.717, 1.165) is 0 Å². The van der Waals surface area contributed by atoms with Gasteiger partial charge >= 0.3 is 0 Å². The fraction of sp³-hybridized carbons (Fsp3) is 0.143. The van der Waals surface area contributed by atoms with Crippen molar-refractivity contribution in [1.82, 2.24) is 4.57 Å². The normalized spacial score (nSPS) is 10.3. The van der Waals surface area contributed by atoms with Crippen LogP contribution in [0.3, 0.4) is 0 Å². The highest BCUT2D eigenvalue weighted by molar-refractivity contribution is 6.33. The largest absolute Gasteiger partial charge is 0.398 e. The summed E-state index contributed by atoms with van der Waals surface area (Å²) in [5, 5.41) is 3.04. The van der Waals surface area contributed by atoms with Crippen LogP contribution in [-0.2, 0) is 6.54 Å². The van der Waals surface area contributed by atoms with E-state index >= 15 is 0 Å². The molecule has 0 unspecified atom stereocenters. The number of rotatable bonds is 3. The molecule has 1 amide bonds. The molecule has 20 heavy (non-hydrogen) atoms. The Hall–Kier alpha value is -2.27. The van der Waals surface area contributed by atoms with E-state index in [-0.39, 0.29) is 11.5 Å². The molecule has 0 atom stereocenters. The Balaban J connectivity index is 2.23. The molecule has 1 heterocycles. The molecule has 0 saturated heterocycles. The van der Waals surface area contributed by atoms with Crippen molar-refractivity contribution in [1.29, 1.82) is 0 Å². The third-order valence-electron chi connectivity index (χ3n) is 2.84. The molecule has 0 radical (unpaired) electrons. The molecule has 0 saturated carbocycles. The van der Waals surface area contributed by atoms with E-state index in [1.54, 1.807) is 24.4 Å². The second-order valence-corrected chi connectivity index (χ2v) is 4.64. The van der Waals surface area contributed by atoms with Crippen molar-refractivity contribution in [3.05, 3.63) is 57.5 Å². The smallest absolute Gasteiger partial charge is 0.255 e. The number of pyridine rings is 1. The summed E-state index contributed by atoms with van der Waals surface area (Å²) in [5.41, 5.74) is 6.85. The molecule has 0 aliphatic heterocycles. The molecule has 6 heteroatoms. The van der Waals surface area contributed by atoms with E-state index in [9.17, 15) is 9.59 Å². The van der Waals surface area contributed by atoms with Crippen molar-refractivity contribution in [2.24, 2.45) is 0 Å². The first kappa shape index (κ1) is 14.1. The van der Waals surface area contributed by atoms with Gasteiger partial charge in [-0.2, -0.15) is 0 Å². The van der Waals surface area contributed by atoms with Gasteiger partial charge in [-0.15, -0.1) is 0 Å². The summed E-state index contributed by atoms with van der Waals surface area (Å²) in [6.07, 6.45) is 1.60. The lowest BCUT2D eigenvalue weighted by atomic mass is 10.2. The van der Waals surface area contributed by atoms with E-state index in [1.807, 2.05) is 6.92 Å². The summed E-state index contributed by atoms with van der Waals surface area (Å²) in [6.45, 7) is 2.39. The summed E-state index contributed by atoms with van der Waals surface area (Å²) in [6, 6.07) is 7.64. The number of nitrogen functional groups attached to an aromatic ring is 1. The number of anilines is 2. The van der Waals surface area contributed by atoms with Gasteiger partial charge in [0.2, 0.25) is 0 Å². The number of amides is 1. The van der Waals surface area contributed by atoms with Gasteiger partial charge in [-0.1, -0.05) is 11.6 Å². The zero-order valence-electron chi connectivity index (χ0n) is 10.9. The van der Waals surface area contributed by atoms with E-state index < -0.39 is 0 Å². The molecule has 2 rings (SSSR count). The number of carbonyl (C=O) groups is 1. The van der Waals surface area contributed by atoms with Crippen LogP contribution in [-0.4, -0.2) is 10.5 Å². The fourth-order valence-electron chi connectivity index (χ4n) is 1.72. The predicted octanol–water partition coefficient (Wildman–Crippen LogP) is 2.36. The third kappa shape index (κ3) is 3.00. The average molecular weight is 292 g/mol. The Labute approximate surface area is 121 Å². The topological polar surface area (TPSA) is 77.1 Å². The number of nitrogens with two attached hydrogens (primary N) is 1. The van der Waals surface area contributed by atoms with Crippen molar-refractivity contribution in [2.45, 2.75) is 13.5 Å². The van der Waals surface area contributed by atoms with Gasteiger partial charge in [0.15, 0.2) is 0 Å². The van der Waals surface area contributed by atoms with Crippen LogP contribution in [0, 0.1) is 0 Å². The highest BCUT2D eigenvalue weighted by Crippen LogP contribution is 2.20. The minimum Gasteiger partial charge on any atom is -0.398 e. The predicted molar refractivity (Wildman–Crippen MR) is 80.2 cm³/mol. The number of aromatic nitrogens is 1. The maximum absolute atomic E-state index is 12.1. The third-order valence-corrected chi connectivity index (χ3v) is 3.17. The number of nitrogens with zero attached hydrogens (tertiary/aromatic N) is 1. The molecule has 1 aromatic carbocycles. The lowest BCUT2D eigenvalue weighted by molar-refractivity contribution is 0.102. The van der Waals surface area contributed by atoms with Gasteiger partial charge in [-0.25, -0.2) is 0 Å². The molecule has 0 spiro atoms. The zero-order chi connectivity index (χ0) is 14.7. The lowest BCUT2D eigenvalue weighted by Crippen LogP contribution is -2.19. The highest BCUT2D eigenvalue weighted by atomic mass is 35.5. The Bertz CT molecular complexity index is 710. The number of nitrogens with one attached hydrogen (secondary N) is 1. The Morgan fingerprint density at radius 1 is 1.35 bits per heavy atom. The summed E-state index contributed by atoms with van der Waals surface area (Å²) in [5.74, 6) is -0.312. The summed E-state index contributed by atoms with van der Waals surface area (Å²) < 4.78 is 1.51. The molecule has 0 fully saturated rings. The Morgan fingerprint density at radius 2 is 2.10 bits per heavy atom. The number of benzene rings is 1. The second kappa shape index (κ2) is 5.79. The first-order valence-electron chi connectivity index (χ1n) is 6.08. The summed E-state index contributed by atoms with van der Waals surface area (Å²) in [7, 11) is 0. The number of halogens is 1. The minimum absolute atomic E-state index is 0.110. The van der Waals surface area contributed by atoms with Gasteiger partial charge in [-0.05, 0) is 31.2 Å². The van der Waals surface area contributed by atoms with Crippen molar-refractivity contribution in [2.75, 3.05) is 11.1 Å². The summed E-state index contributed by atoms with van der Waals surface area (Å²) >= 11 is 5.88. The van der Waals surface area contributed by atoms with Crippen molar-refractivity contribution >= 4 is 28.9 Å². The van der Waals surface area contributed by atoms with E-state index in [1.165, 1.54) is 16.7 Å². The first-order valence-corrected chi connectivity index (χ1v) is 6.46. The van der Waals surface area contributed by atoms with Gasteiger partial charge in [0, 0.05) is 24.4 Å². The molecule has 104 valence electrons. The molecule has 0 aliphatic rings. The number of aryl methyl sites for hydroxylation is 1. The van der Waals surface area contributed by atoms with Crippen LogP contribution in [0.15, 0.2) is 41.3 Å². The molecular formula is C14H14ClN3O2. The van der Waals surface area contributed by atoms with Crippen LogP contribution >= 0.6 is 11.6 Å². The maximum atomic E-state index is 12.1. The maximum Gasteiger partial charge on any atom is 0.255 e. The highest BCUT2D eigenvalue weighted by Gasteiger charge is 2.08. The molecule has 1 aromatic heterocycles. The average Bonchev–Trinajstić information content (AvgIpc) is 2.43. The molecular weight excluding hydrogens is 278 g/mol. The molecule has 3 N–H and O–H groups in total. The van der Waals surface area contributed by atoms with Gasteiger partial charge in [-0.3, -0.25) is 9.59 Å². The fourth-order valence-corrected chi connectivity index (χ4v) is 1.90. The SMILES string of the molecule is CCn1cc(NC(=O)c2ccc(N)c(Cl)c2)ccc1=O. The van der Waals surface area contributed by atoms with E-state index in [4.69, 9.17) is 17.3 Å². The Kier molecular flexibility index (Phi) is 4.10. The molecule has 0 aliphatic carbocycles. The first-order chi connectivity index (χ1) is 9.51. The van der Waals surface area contributed by atoms with Crippen LogP contribution in [0.5, 0.6) is 0 Å². The van der Waals surface area contributed by atoms with E-state index in [2.05, 4.69) is 5.32 Å². The molecule has 0 bridgehead atoms. The Morgan fingerprint density at radius 3 is 2.75 bits per heavy atom. The standard InChI is InChI=1S/C14H14ClN3O2/c1-2-18-8-10(4-6-13(18)19)17-14(20)9-3-5-12(16)11(15)7-9/h3-8H,2,16H2,1H3,(H,17,20). The minimum atomic E-state index is -0.312. The van der Waals surface area contributed by atoms with Gasteiger partial charge in [0.25, 0.3) is 11.5 Å². The van der Waals surface area contributed by atoms with Crippen molar-refractivity contribution in [3.63, 3.8) is 0 Å². The summed E-state index contributed by atoms with van der Waals surface area (Å²) in [4.78, 5) is 23.5. The monoisotopic (exact) mass is 291 g/mol. The van der Waals surface area contributed by atoms with Crippen LogP contribution in [0.1, 0.15) is 17.3 Å². The van der Waals surface area contributed by atoms with Gasteiger partial charge in [0.1, 0.15) is 0 Å². The van der Waals surface area contributed by atoms with Crippen LogP contribution < -0.4 is 16.6 Å². The number of carbonyl (C=O) groups excluding carboxylic acids is 1. The van der Waals surface area contributed by atoms with Crippen LogP contribution in [0.25, 0.3) is 0 Å². The van der Waals surface area contributed by atoms with Crippen molar-refractivity contribution < 1.29 is 4.79 Å². The lowest BCUT2D eigenvalue weighted by Gasteiger charge is -2.08. The number of hydrogen-bond donors (Lipinski definition) is 2. The quantitative estimate of drug-likeness (QED) is 0.852. The van der Waals surface area contributed by atoms with Crippen LogP contribution in [0.2, 0.25) is 5.02 Å². The van der Waals surface area contributed by atoms with Gasteiger partial charge in [0.05, 0.1) is 16.4 Å². The van der Waals surface area contributed by atoms with Crippen LogP contribution in [0.4, 0.5) is 11.4 Å². The number of hydrogen-bond acceptors (Lipinski definition) is 3. The zero-order valence-corrected chi connectivity index (χ0v) is 11.6. The second-order valence-electron chi connectivity index (χ2n) is 4.23. The molecule has 5 nitrogen and oxygen atoms in total. The van der Waals surface area contributed by atoms with E-state index in [0.29, 0.717) is 28.5 Å². The molecule has 2 aromatic rings. The van der Waals surface area contributed by atoms with Gasteiger partial charge < -0.3 is 15.6 Å². The van der Waals surface area contributed by atoms with Crippen molar-refractivity contribution in [3.8, 4) is 0 Å².